The molecule has 2 aromatic rings. The van der Waals surface area contributed by atoms with Crippen molar-refractivity contribution < 1.29 is 17.6 Å². The van der Waals surface area contributed by atoms with Crippen LogP contribution in [-0.4, -0.2) is 20.9 Å². The van der Waals surface area contributed by atoms with E-state index in [-0.39, 0.29) is 18.0 Å². The number of rotatable bonds is 6. The van der Waals surface area contributed by atoms with Crippen molar-refractivity contribution in [1.82, 2.24) is 10.0 Å². The molecule has 0 saturated heterocycles. The molecule has 21 heavy (non-hydrogen) atoms. The summed E-state index contributed by atoms with van der Waals surface area (Å²) in [6.45, 7) is -0.166. The Bertz CT molecular complexity index is 714. The molecule has 0 aliphatic carbocycles. The predicted molar refractivity (Wildman–Crippen MR) is 77.2 cm³/mol. The van der Waals surface area contributed by atoms with Crippen LogP contribution in [0.3, 0.4) is 0 Å². The minimum atomic E-state index is -3.77. The van der Waals surface area contributed by atoms with Crippen LogP contribution in [0.1, 0.15) is 5.76 Å². The number of halogens is 1. The lowest BCUT2D eigenvalue weighted by atomic mass is 10.4. The molecule has 1 aromatic heterocycles. The molecule has 1 amide bonds. The van der Waals surface area contributed by atoms with Gasteiger partial charge in [-0.15, -0.1) is 0 Å². The van der Waals surface area contributed by atoms with Crippen molar-refractivity contribution in [3.63, 3.8) is 0 Å². The third kappa shape index (κ3) is 4.59. The van der Waals surface area contributed by atoms with Crippen LogP contribution in [-0.2, 0) is 21.4 Å². The molecule has 8 heteroatoms. The van der Waals surface area contributed by atoms with E-state index in [1.165, 1.54) is 24.5 Å². The van der Waals surface area contributed by atoms with E-state index in [1.807, 2.05) is 0 Å². The third-order valence-electron chi connectivity index (χ3n) is 2.57. The third-order valence-corrected chi connectivity index (χ3v) is 4.20. The number of sulfonamides is 1. The largest absolute Gasteiger partial charge is 0.467 e. The van der Waals surface area contributed by atoms with E-state index in [9.17, 15) is 13.2 Å². The number of benzene rings is 1. The monoisotopic (exact) mass is 328 g/mol. The molecule has 0 fully saturated rings. The van der Waals surface area contributed by atoms with E-state index in [2.05, 4.69) is 10.0 Å². The summed E-state index contributed by atoms with van der Waals surface area (Å²) < 4.78 is 31.2. The van der Waals surface area contributed by atoms with Crippen molar-refractivity contribution in [2.45, 2.75) is 11.4 Å². The fourth-order valence-electron chi connectivity index (χ4n) is 1.54. The van der Waals surface area contributed by atoms with Crippen LogP contribution in [0.15, 0.2) is 52.0 Å². The van der Waals surface area contributed by atoms with Gasteiger partial charge >= 0.3 is 0 Å². The molecule has 0 unspecified atom stereocenters. The van der Waals surface area contributed by atoms with Crippen molar-refractivity contribution in [2.75, 3.05) is 6.54 Å². The van der Waals surface area contributed by atoms with E-state index in [4.69, 9.17) is 16.0 Å². The maximum absolute atomic E-state index is 12.0. The number of carbonyl (C=O) groups is 1. The lowest BCUT2D eigenvalue weighted by molar-refractivity contribution is -0.120. The van der Waals surface area contributed by atoms with Crippen molar-refractivity contribution in [2.24, 2.45) is 0 Å². The quantitative estimate of drug-likeness (QED) is 0.841. The van der Waals surface area contributed by atoms with Gasteiger partial charge in [0.15, 0.2) is 0 Å². The summed E-state index contributed by atoms with van der Waals surface area (Å²) in [7, 11) is -3.77. The number of amides is 1. The maximum atomic E-state index is 12.0. The van der Waals surface area contributed by atoms with Crippen molar-refractivity contribution in [3.8, 4) is 0 Å². The molecule has 2 rings (SSSR count). The van der Waals surface area contributed by atoms with Gasteiger partial charge in [0, 0.05) is 5.02 Å². The van der Waals surface area contributed by atoms with Crippen LogP contribution >= 0.6 is 11.6 Å². The van der Waals surface area contributed by atoms with Gasteiger partial charge < -0.3 is 9.73 Å². The first-order valence-electron chi connectivity index (χ1n) is 6.02. The van der Waals surface area contributed by atoms with E-state index < -0.39 is 15.9 Å². The zero-order chi connectivity index (χ0) is 15.3. The Labute approximate surface area is 127 Å². The van der Waals surface area contributed by atoms with E-state index in [1.54, 1.807) is 18.2 Å². The zero-order valence-corrected chi connectivity index (χ0v) is 12.4. The minimum Gasteiger partial charge on any atom is -0.467 e. The molecule has 0 aliphatic heterocycles. The number of hydrogen-bond acceptors (Lipinski definition) is 4. The Kier molecular flexibility index (Phi) is 5.00. The summed E-state index contributed by atoms with van der Waals surface area (Å²) >= 11 is 5.74. The summed E-state index contributed by atoms with van der Waals surface area (Å²) in [5, 5.41) is 2.84. The van der Waals surface area contributed by atoms with E-state index in [0.29, 0.717) is 10.8 Å². The van der Waals surface area contributed by atoms with Crippen LogP contribution in [0.5, 0.6) is 0 Å². The molecule has 0 saturated carbocycles. The molecule has 112 valence electrons. The van der Waals surface area contributed by atoms with Gasteiger partial charge in [-0.25, -0.2) is 13.1 Å². The predicted octanol–water partition coefficient (Wildman–Crippen LogP) is 1.53. The van der Waals surface area contributed by atoms with Crippen LogP contribution in [0.4, 0.5) is 0 Å². The maximum Gasteiger partial charge on any atom is 0.241 e. The molecule has 6 nitrogen and oxygen atoms in total. The van der Waals surface area contributed by atoms with Gasteiger partial charge in [0.05, 0.1) is 24.2 Å². The smallest absolute Gasteiger partial charge is 0.241 e. The van der Waals surface area contributed by atoms with Gasteiger partial charge in [0.25, 0.3) is 0 Å². The second kappa shape index (κ2) is 6.75. The summed E-state index contributed by atoms with van der Waals surface area (Å²) in [5.74, 6) is 0.123. The minimum absolute atomic E-state index is 0.00818. The highest BCUT2D eigenvalue weighted by molar-refractivity contribution is 7.89. The molecule has 0 aliphatic rings. The number of nitrogens with one attached hydrogen (secondary N) is 2. The van der Waals surface area contributed by atoms with Crippen molar-refractivity contribution >= 4 is 27.5 Å². The highest BCUT2D eigenvalue weighted by atomic mass is 35.5. The molecule has 0 bridgehead atoms. The molecular formula is C13H13ClN2O4S. The zero-order valence-electron chi connectivity index (χ0n) is 10.9. The van der Waals surface area contributed by atoms with Gasteiger partial charge in [0.2, 0.25) is 15.9 Å². The van der Waals surface area contributed by atoms with Gasteiger partial charge in [-0.2, -0.15) is 0 Å². The molecule has 0 spiro atoms. The average Bonchev–Trinajstić information content (AvgIpc) is 2.96. The lowest BCUT2D eigenvalue weighted by Gasteiger charge is -2.07. The average molecular weight is 329 g/mol. The first kappa shape index (κ1) is 15.6. The lowest BCUT2D eigenvalue weighted by Crippen LogP contribution is -2.36. The van der Waals surface area contributed by atoms with E-state index >= 15 is 0 Å². The van der Waals surface area contributed by atoms with Crippen molar-refractivity contribution in [3.05, 3.63) is 53.4 Å². The van der Waals surface area contributed by atoms with Gasteiger partial charge in [-0.05, 0) is 30.3 Å². The molecule has 0 atom stereocenters. The van der Waals surface area contributed by atoms with Crippen LogP contribution in [0.25, 0.3) is 0 Å². The standard InChI is InChI=1S/C13H13ClN2O4S/c14-10-3-1-5-12(7-10)21(18,19)16-9-13(17)15-8-11-4-2-6-20-11/h1-7,16H,8-9H2,(H,15,17). The van der Waals surface area contributed by atoms with Crippen molar-refractivity contribution in [1.29, 1.82) is 0 Å². The second-order valence-corrected chi connectivity index (χ2v) is 6.34. The summed E-state index contributed by atoms with van der Waals surface area (Å²) in [6, 6.07) is 9.20. The van der Waals surface area contributed by atoms with Crippen LogP contribution in [0.2, 0.25) is 5.02 Å². The highest BCUT2D eigenvalue weighted by Crippen LogP contribution is 2.14. The molecular weight excluding hydrogens is 316 g/mol. The topological polar surface area (TPSA) is 88.4 Å². The molecule has 1 aromatic carbocycles. The Hall–Kier alpha value is -1.83. The normalized spacial score (nSPS) is 11.3. The number of carbonyl (C=O) groups excluding carboxylic acids is 1. The Morgan fingerprint density at radius 3 is 2.71 bits per heavy atom. The first-order chi connectivity index (χ1) is 9.97. The first-order valence-corrected chi connectivity index (χ1v) is 7.88. The van der Waals surface area contributed by atoms with Crippen LogP contribution in [0, 0.1) is 0 Å². The van der Waals surface area contributed by atoms with Gasteiger partial charge in [-0.1, -0.05) is 17.7 Å². The van der Waals surface area contributed by atoms with Gasteiger partial charge in [-0.3, -0.25) is 4.79 Å². The summed E-state index contributed by atoms with van der Waals surface area (Å²) in [5.41, 5.74) is 0. The Morgan fingerprint density at radius 1 is 1.24 bits per heavy atom. The number of furan rings is 1. The van der Waals surface area contributed by atoms with E-state index in [0.717, 1.165) is 0 Å². The summed E-state index contributed by atoms with van der Waals surface area (Å²) in [4.78, 5) is 11.6. The Balaban J connectivity index is 1.88. The molecule has 0 radical (unpaired) electrons. The number of hydrogen-bond donors (Lipinski definition) is 2. The SMILES string of the molecule is O=C(CNS(=O)(=O)c1cccc(Cl)c1)NCc1ccco1. The van der Waals surface area contributed by atoms with Gasteiger partial charge in [0.1, 0.15) is 5.76 Å². The summed E-state index contributed by atoms with van der Waals surface area (Å²) in [6.07, 6.45) is 1.49. The molecule has 1 heterocycles. The van der Waals surface area contributed by atoms with Crippen LogP contribution < -0.4 is 10.0 Å². The second-order valence-electron chi connectivity index (χ2n) is 4.14. The highest BCUT2D eigenvalue weighted by Gasteiger charge is 2.15. The fourth-order valence-corrected chi connectivity index (χ4v) is 2.82. The Morgan fingerprint density at radius 2 is 2.05 bits per heavy atom. The fraction of sp³-hybridized carbons (Fsp3) is 0.154. The molecule has 2 N–H and O–H groups in total.